The molecule has 1 nitrogen and oxygen atoms in total. The van der Waals surface area contributed by atoms with E-state index in [0.717, 1.165) is 6.16 Å². The minimum Gasteiger partial charge on any atom is -0.299 e. The van der Waals surface area contributed by atoms with Crippen LogP contribution in [0.3, 0.4) is 0 Å². The van der Waals surface area contributed by atoms with Gasteiger partial charge in [-0.3, -0.25) is 4.79 Å². The molecule has 0 radical (unpaired) electrons. The summed E-state index contributed by atoms with van der Waals surface area (Å²) in [5.74, 6) is 0.547. The van der Waals surface area contributed by atoms with Gasteiger partial charge in [0.25, 0.3) is 0 Å². The number of carbonyl (C=O) groups is 1. The van der Waals surface area contributed by atoms with E-state index < -0.39 is 6.04 Å². The van der Waals surface area contributed by atoms with Gasteiger partial charge in [0.05, 0.1) is 0 Å². The maximum Gasteiger partial charge on any atom is 0.136 e. The quantitative estimate of drug-likeness (QED) is 0.715. The van der Waals surface area contributed by atoms with Crippen molar-refractivity contribution in [2.24, 2.45) is 5.92 Å². The van der Waals surface area contributed by atoms with Gasteiger partial charge in [0.15, 0.2) is 0 Å². The van der Waals surface area contributed by atoms with Crippen molar-refractivity contribution in [3.05, 3.63) is 30.3 Å². The molecule has 1 aliphatic heterocycles. The maximum atomic E-state index is 11.7. The molecule has 0 N–H and O–H groups in total. The van der Waals surface area contributed by atoms with Crippen molar-refractivity contribution in [3.8, 4) is 0 Å². The van der Waals surface area contributed by atoms with Crippen molar-refractivity contribution < 1.29 is 4.79 Å². The number of hydrogen-bond acceptors (Lipinski definition) is 2. The van der Waals surface area contributed by atoms with Crippen molar-refractivity contribution in [3.63, 3.8) is 0 Å². The fourth-order valence-corrected chi connectivity index (χ4v) is 6.88. The van der Waals surface area contributed by atoms with E-state index in [4.69, 9.17) is 11.8 Å². The largest absolute Gasteiger partial charge is 0.299 e. The summed E-state index contributed by atoms with van der Waals surface area (Å²) in [6.07, 6.45) is 1.58. The van der Waals surface area contributed by atoms with Crippen LogP contribution in [0.1, 0.15) is 20.3 Å². The summed E-state index contributed by atoms with van der Waals surface area (Å²) in [4.78, 5) is 11.7. The normalized spacial score (nSPS) is 35.0. The lowest BCUT2D eigenvalue weighted by Gasteiger charge is -2.36. The molecule has 0 spiro atoms. The molecule has 2 rings (SSSR count). The van der Waals surface area contributed by atoms with Gasteiger partial charge in [-0.15, -0.1) is 0 Å². The first-order valence-corrected chi connectivity index (χ1v) is 8.77. The summed E-state index contributed by atoms with van der Waals surface area (Å²) in [7, 11) is 0. The Hall–Kier alpha value is -0.460. The Labute approximate surface area is 102 Å². The topological polar surface area (TPSA) is 17.1 Å². The Balaban J connectivity index is 2.38. The van der Waals surface area contributed by atoms with Crippen molar-refractivity contribution in [2.45, 2.75) is 25.9 Å². The Morgan fingerprint density at radius 1 is 1.25 bits per heavy atom. The van der Waals surface area contributed by atoms with Crippen LogP contribution in [0.4, 0.5) is 0 Å². The summed E-state index contributed by atoms with van der Waals surface area (Å²) in [5, 5.41) is 1.30. The van der Waals surface area contributed by atoms with Gasteiger partial charge in [-0.2, -0.15) is 0 Å². The van der Waals surface area contributed by atoms with E-state index in [0.29, 0.717) is 17.9 Å². The van der Waals surface area contributed by atoms with E-state index >= 15 is 0 Å². The minimum atomic E-state index is -1.54. The molecular formula is C13H17OPS. The van der Waals surface area contributed by atoms with Crippen LogP contribution in [0.15, 0.2) is 30.3 Å². The number of ketones is 1. The highest BCUT2D eigenvalue weighted by atomic mass is 32.4. The van der Waals surface area contributed by atoms with E-state index in [1.54, 1.807) is 0 Å². The van der Waals surface area contributed by atoms with Crippen LogP contribution < -0.4 is 5.30 Å². The van der Waals surface area contributed by atoms with E-state index in [9.17, 15) is 4.79 Å². The molecule has 1 saturated heterocycles. The van der Waals surface area contributed by atoms with Gasteiger partial charge in [0, 0.05) is 12.3 Å². The molecule has 1 aliphatic rings. The highest BCUT2D eigenvalue weighted by Crippen LogP contribution is 2.55. The van der Waals surface area contributed by atoms with Crippen LogP contribution in [0.25, 0.3) is 0 Å². The SMILES string of the molecule is C[C@@H]1CC(=O)[C@@H](C)C[P@]1(=S)c1ccccc1. The zero-order valence-corrected chi connectivity index (χ0v) is 11.4. The van der Waals surface area contributed by atoms with Gasteiger partial charge in [0.2, 0.25) is 0 Å². The van der Waals surface area contributed by atoms with Crippen molar-refractivity contribution in [1.29, 1.82) is 0 Å². The van der Waals surface area contributed by atoms with Crippen LogP contribution in [0.2, 0.25) is 0 Å². The monoisotopic (exact) mass is 252 g/mol. The maximum absolute atomic E-state index is 11.7. The molecule has 0 unspecified atom stereocenters. The van der Waals surface area contributed by atoms with E-state index in [1.807, 2.05) is 13.0 Å². The third kappa shape index (κ3) is 2.01. The molecule has 3 atom stereocenters. The lowest BCUT2D eigenvalue weighted by Crippen LogP contribution is -2.32. The van der Waals surface area contributed by atoms with Crippen LogP contribution in [-0.2, 0) is 16.6 Å². The van der Waals surface area contributed by atoms with Crippen LogP contribution >= 0.6 is 6.04 Å². The predicted octanol–water partition coefficient (Wildman–Crippen LogP) is 2.79. The molecule has 3 heteroatoms. The van der Waals surface area contributed by atoms with E-state index in [1.165, 1.54) is 5.30 Å². The standard InChI is InChI=1S/C13H17OPS/c1-10-9-15(16,11(2)8-13(10)14)12-6-4-3-5-7-12/h3-7,10-11H,8-9H2,1-2H3/t10-,11+,15+/m0/s1. The molecule has 0 aliphatic carbocycles. The zero-order chi connectivity index (χ0) is 11.8. The van der Waals surface area contributed by atoms with E-state index in [-0.39, 0.29) is 5.92 Å². The lowest BCUT2D eigenvalue weighted by molar-refractivity contribution is -0.122. The van der Waals surface area contributed by atoms with Gasteiger partial charge in [0.1, 0.15) is 5.78 Å². The number of carbonyl (C=O) groups excluding carboxylic acids is 1. The number of rotatable bonds is 1. The second kappa shape index (κ2) is 4.43. The molecule has 0 bridgehead atoms. The minimum absolute atomic E-state index is 0.155. The molecule has 0 aromatic heterocycles. The van der Waals surface area contributed by atoms with Crippen molar-refractivity contribution in [1.82, 2.24) is 0 Å². The Morgan fingerprint density at radius 2 is 1.88 bits per heavy atom. The van der Waals surface area contributed by atoms with Gasteiger partial charge in [-0.05, 0) is 23.2 Å². The summed E-state index contributed by atoms with van der Waals surface area (Å²) in [6, 6.07) is 8.87. The Bertz CT molecular complexity index is 441. The first-order valence-electron chi connectivity index (χ1n) is 5.71. The average molecular weight is 252 g/mol. The third-order valence-corrected chi connectivity index (χ3v) is 9.52. The fourth-order valence-electron chi connectivity index (χ4n) is 2.37. The number of Topliss-reactive ketones (excluding diaryl/α,β-unsaturated/α-hetero) is 1. The molecule has 1 fully saturated rings. The van der Waals surface area contributed by atoms with Gasteiger partial charge in [-0.1, -0.05) is 56.0 Å². The summed E-state index contributed by atoms with van der Waals surface area (Å²) in [6.45, 7) is 4.18. The van der Waals surface area contributed by atoms with Crippen LogP contribution in [0, 0.1) is 5.92 Å². The molecule has 86 valence electrons. The summed E-state index contributed by atoms with van der Waals surface area (Å²) >= 11 is 5.93. The smallest absolute Gasteiger partial charge is 0.136 e. The first-order chi connectivity index (χ1) is 7.54. The molecule has 1 aromatic rings. The third-order valence-electron chi connectivity index (χ3n) is 3.50. The van der Waals surface area contributed by atoms with Crippen molar-refractivity contribution >= 4 is 28.9 Å². The molecule has 1 heterocycles. The Morgan fingerprint density at radius 3 is 2.50 bits per heavy atom. The number of hydrogen-bond donors (Lipinski definition) is 0. The van der Waals surface area contributed by atoms with Gasteiger partial charge < -0.3 is 0 Å². The highest BCUT2D eigenvalue weighted by molar-refractivity contribution is 8.18. The first kappa shape index (κ1) is 12.0. The molecule has 0 amide bonds. The second-order valence-electron chi connectivity index (χ2n) is 4.73. The predicted molar refractivity (Wildman–Crippen MR) is 73.5 cm³/mol. The van der Waals surface area contributed by atoms with Crippen LogP contribution in [-0.4, -0.2) is 17.6 Å². The lowest BCUT2D eigenvalue weighted by atomic mass is 10.0. The summed E-state index contributed by atoms with van der Waals surface area (Å²) < 4.78 is 0. The number of benzene rings is 1. The molecule has 0 saturated carbocycles. The van der Waals surface area contributed by atoms with Gasteiger partial charge >= 0.3 is 0 Å². The van der Waals surface area contributed by atoms with Gasteiger partial charge in [-0.25, -0.2) is 0 Å². The molecular weight excluding hydrogens is 235 g/mol. The Kier molecular flexibility index (Phi) is 3.32. The zero-order valence-electron chi connectivity index (χ0n) is 9.72. The van der Waals surface area contributed by atoms with E-state index in [2.05, 4.69) is 31.2 Å². The molecule has 16 heavy (non-hydrogen) atoms. The van der Waals surface area contributed by atoms with Crippen molar-refractivity contribution in [2.75, 3.05) is 6.16 Å². The average Bonchev–Trinajstić information content (AvgIpc) is 2.28. The van der Waals surface area contributed by atoms with Crippen LogP contribution in [0.5, 0.6) is 0 Å². The summed E-state index contributed by atoms with van der Waals surface area (Å²) in [5.41, 5.74) is 0.369. The second-order valence-corrected chi connectivity index (χ2v) is 10.0. The molecule has 1 aromatic carbocycles. The highest BCUT2D eigenvalue weighted by Gasteiger charge is 2.36. The fraction of sp³-hybridized carbons (Fsp3) is 0.462.